The molecule has 1 aliphatic heterocycles. The van der Waals surface area contributed by atoms with Crippen molar-refractivity contribution in [3.8, 4) is 6.07 Å². The average molecular weight is 280 g/mol. The first-order valence-corrected chi connectivity index (χ1v) is 7.58. The van der Waals surface area contributed by atoms with Gasteiger partial charge in [-0.15, -0.1) is 0 Å². The van der Waals surface area contributed by atoms with E-state index in [9.17, 15) is 13.5 Å². The summed E-state index contributed by atoms with van der Waals surface area (Å²) in [5.41, 5.74) is 0.937. The van der Waals surface area contributed by atoms with Gasteiger partial charge in [0.05, 0.1) is 23.1 Å². The van der Waals surface area contributed by atoms with Crippen molar-refractivity contribution >= 4 is 10.0 Å². The Kier molecular flexibility index (Phi) is 3.90. The Bertz CT molecular complexity index is 619. The van der Waals surface area contributed by atoms with Gasteiger partial charge in [-0.25, -0.2) is 8.42 Å². The van der Waals surface area contributed by atoms with Gasteiger partial charge in [0.1, 0.15) is 0 Å². The van der Waals surface area contributed by atoms with E-state index in [1.807, 2.05) is 6.07 Å². The summed E-state index contributed by atoms with van der Waals surface area (Å²) in [5.74, 6) is 0. The summed E-state index contributed by atoms with van der Waals surface area (Å²) >= 11 is 0. The molecule has 1 aromatic carbocycles. The van der Waals surface area contributed by atoms with E-state index in [1.165, 1.54) is 10.4 Å². The molecule has 1 N–H and O–H groups in total. The van der Waals surface area contributed by atoms with Crippen LogP contribution in [-0.2, 0) is 10.0 Å². The van der Waals surface area contributed by atoms with Crippen LogP contribution in [-0.4, -0.2) is 37.0 Å². The number of sulfonamides is 1. The standard InChI is InChI=1S/C13H16N2O3S/c1-10-4-5-11(8-14)7-13(10)19(17,18)15-6-2-3-12(15)9-16/h4-5,7,12,16H,2-3,6,9H2,1H3/t12-/m0/s1. The summed E-state index contributed by atoms with van der Waals surface area (Å²) in [6.07, 6.45) is 1.42. The van der Waals surface area contributed by atoms with Gasteiger partial charge in [0.25, 0.3) is 0 Å². The van der Waals surface area contributed by atoms with Gasteiger partial charge in [-0.3, -0.25) is 0 Å². The molecule has 1 aromatic rings. The summed E-state index contributed by atoms with van der Waals surface area (Å²) in [4.78, 5) is 0.159. The van der Waals surface area contributed by atoms with Crippen molar-refractivity contribution in [3.05, 3.63) is 29.3 Å². The topological polar surface area (TPSA) is 81.4 Å². The Labute approximate surface area is 113 Å². The Hall–Kier alpha value is -1.42. The number of aryl methyl sites for hydroxylation is 1. The number of benzene rings is 1. The van der Waals surface area contributed by atoms with Crippen LogP contribution >= 0.6 is 0 Å². The number of nitrogens with zero attached hydrogens (tertiary/aromatic N) is 2. The van der Waals surface area contributed by atoms with E-state index in [1.54, 1.807) is 19.1 Å². The first-order valence-electron chi connectivity index (χ1n) is 6.14. The normalized spacial score (nSPS) is 20.4. The maximum atomic E-state index is 12.6. The molecule has 0 saturated carbocycles. The van der Waals surface area contributed by atoms with E-state index in [4.69, 9.17) is 5.26 Å². The van der Waals surface area contributed by atoms with Crippen molar-refractivity contribution in [1.82, 2.24) is 4.31 Å². The highest BCUT2D eigenvalue weighted by Gasteiger charge is 2.35. The summed E-state index contributed by atoms with van der Waals surface area (Å²) in [6, 6.07) is 6.23. The van der Waals surface area contributed by atoms with Crippen molar-refractivity contribution in [3.63, 3.8) is 0 Å². The number of aliphatic hydroxyl groups is 1. The fourth-order valence-electron chi connectivity index (χ4n) is 2.38. The molecule has 0 aliphatic carbocycles. The molecule has 0 spiro atoms. The van der Waals surface area contributed by atoms with Crippen LogP contribution in [0.1, 0.15) is 24.0 Å². The number of rotatable bonds is 3. The quantitative estimate of drug-likeness (QED) is 0.896. The molecule has 0 aromatic heterocycles. The molecule has 0 radical (unpaired) electrons. The van der Waals surface area contributed by atoms with Crippen molar-refractivity contribution in [1.29, 1.82) is 5.26 Å². The van der Waals surface area contributed by atoms with Crippen LogP contribution in [0.5, 0.6) is 0 Å². The van der Waals surface area contributed by atoms with Crippen molar-refractivity contribution in [2.24, 2.45) is 0 Å². The highest BCUT2D eigenvalue weighted by Crippen LogP contribution is 2.28. The number of nitriles is 1. The molecule has 2 rings (SSSR count). The lowest BCUT2D eigenvalue weighted by Gasteiger charge is -2.23. The zero-order valence-electron chi connectivity index (χ0n) is 10.7. The van der Waals surface area contributed by atoms with Crippen LogP contribution in [0.25, 0.3) is 0 Å². The lowest BCUT2D eigenvalue weighted by Crippen LogP contribution is -2.37. The van der Waals surface area contributed by atoms with Crippen LogP contribution < -0.4 is 0 Å². The fraction of sp³-hybridized carbons (Fsp3) is 0.462. The van der Waals surface area contributed by atoms with Gasteiger partial charge in [0.2, 0.25) is 10.0 Å². The third-order valence-corrected chi connectivity index (χ3v) is 5.53. The zero-order chi connectivity index (χ0) is 14.0. The van der Waals surface area contributed by atoms with E-state index in [0.29, 0.717) is 24.1 Å². The average Bonchev–Trinajstić information content (AvgIpc) is 2.88. The number of hydrogen-bond acceptors (Lipinski definition) is 4. The molecular weight excluding hydrogens is 264 g/mol. The van der Waals surface area contributed by atoms with Crippen LogP contribution in [0.4, 0.5) is 0 Å². The molecule has 1 heterocycles. The molecule has 0 unspecified atom stereocenters. The minimum absolute atomic E-state index is 0.159. The maximum absolute atomic E-state index is 12.6. The van der Waals surface area contributed by atoms with Gasteiger partial charge in [0.15, 0.2) is 0 Å². The molecule has 1 saturated heterocycles. The lowest BCUT2D eigenvalue weighted by molar-refractivity contribution is 0.213. The van der Waals surface area contributed by atoms with E-state index in [-0.39, 0.29) is 17.5 Å². The largest absolute Gasteiger partial charge is 0.395 e. The van der Waals surface area contributed by atoms with Crippen molar-refractivity contribution in [2.45, 2.75) is 30.7 Å². The van der Waals surface area contributed by atoms with Gasteiger partial charge in [0, 0.05) is 12.6 Å². The summed E-state index contributed by atoms with van der Waals surface area (Å²) in [7, 11) is -3.64. The second-order valence-electron chi connectivity index (χ2n) is 4.69. The van der Waals surface area contributed by atoms with Gasteiger partial charge in [-0.1, -0.05) is 6.07 Å². The molecule has 0 bridgehead atoms. The van der Waals surface area contributed by atoms with E-state index in [0.717, 1.165) is 6.42 Å². The van der Waals surface area contributed by atoms with Gasteiger partial charge < -0.3 is 5.11 Å². The molecule has 1 fully saturated rings. The first-order chi connectivity index (χ1) is 9.00. The Morgan fingerprint density at radius 3 is 2.89 bits per heavy atom. The monoisotopic (exact) mass is 280 g/mol. The molecule has 6 heteroatoms. The third kappa shape index (κ3) is 2.50. The number of hydrogen-bond donors (Lipinski definition) is 1. The second kappa shape index (κ2) is 5.29. The molecular formula is C13H16N2O3S. The van der Waals surface area contributed by atoms with Crippen molar-refractivity contribution < 1.29 is 13.5 Å². The summed E-state index contributed by atoms with van der Waals surface area (Å²) in [6.45, 7) is 1.96. The molecule has 102 valence electrons. The Morgan fingerprint density at radius 2 is 2.26 bits per heavy atom. The molecule has 1 atom stereocenters. The molecule has 0 amide bonds. The van der Waals surface area contributed by atoms with E-state index < -0.39 is 10.0 Å². The zero-order valence-corrected chi connectivity index (χ0v) is 11.5. The minimum Gasteiger partial charge on any atom is -0.395 e. The van der Waals surface area contributed by atoms with Crippen LogP contribution in [0, 0.1) is 18.3 Å². The second-order valence-corrected chi connectivity index (χ2v) is 6.55. The van der Waals surface area contributed by atoms with Gasteiger partial charge >= 0.3 is 0 Å². The summed E-state index contributed by atoms with van der Waals surface area (Å²) in [5, 5.41) is 18.1. The number of aliphatic hydroxyl groups excluding tert-OH is 1. The third-order valence-electron chi connectivity index (χ3n) is 3.44. The maximum Gasteiger partial charge on any atom is 0.243 e. The predicted octanol–water partition coefficient (Wildman–Crippen LogP) is 1.01. The lowest BCUT2D eigenvalue weighted by atomic mass is 10.2. The Balaban J connectivity index is 2.48. The summed E-state index contributed by atoms with van der Waals surface area (Å²) < 4.78 is 26.5. The van der Waals surface area contributed by atoms with Crippen molar-refractivity contribution in [2.75, 3.05) is 13.2 Å². The fourth-order valence-corrected chi connectivity index (χ4v) is 4.32. The smallest absolute Gasteiger partial charge is 0.243 e. The Morgan fingerprint density at radius 1 is 1.53 bits per heavy atom. The predicted molar refractivity (Wildman–Crippen MR) is 69.9 cm³/mol. The van der Waals surface area contributed by atoms with Crippen LogP contribution in [0.2, 0.25) is 0 Å². The molecule has 1 aliphatic rings. The van der Waals surface area contributed by atoms with E-state index >= 15 is 0 Å². The minimum atomic E-state index is -3.64. The SMILES string of the molecule is Cc1ccc(C#N)cc1S(=O)(=O)N1CCC[C@H]1CO. The van der Waals surface area contributed by atoms with Gasteiger partial charge in [-0.2, -0.15) is 9.57 Å². The highest BCUT2D eigenvalue weighted by molar-refractivity contribution is 7.89. The van der Waals surface area contributed by atoms with Crippen LogP contribution in [0.15, 0.2) is 23.1 Å². The first kappa shape index (κ1) is 14.0. The molecule has 19 heavy (non-hydrogen) atoms. The molecule has 5 nitrogen and oxygen atoms in total. The van der Waals surface area contributed by atoms with Gasteiger partial charge in [-0.05, 0) is 37.5 Å². The van der Waals surface area contributed by atoms with Crippen LogP contribution in [0.3, 0.4) is 0 Å². The van der Waals surface area contributed by atoms with E-state index in [2.05, 4.69) is 0 Å². The highest BCUT2D eigenvalue weighted by atomic mass is 32.2.